The highest BCUT2D eigenvalue weighted by Crippen LogP contribution is 2.32. The molecular formula is C21H22Si. The molecule has 1 heteroatoms. The van der Waals surface area contributed by atoms with Gasteiger partial charge >= 0.3 is 0 Å². The van der Waals surface area contributed by atoms with Crippen LogP contribution in [0.3, 0.4) is 0 Å². The van der Waals surface area contributed by atoms with E-state index in [4.69, 9.17) is 0 Å². The molecule has 0 N–H and O–H groups in total. The predicted octanol–water partition coefficient (Wildman–Crippen LogP) is 5.27. The monoisotopic (exact) mass is 302 g/mol. The summed E-state index contributed by atoms with van der Waals surface area (Å²) in [4.78, 5) is 0. The van der Waals surface area contributed by atoms with E-state index >= 15 is 0 Å². The molecule has 3 rings (SSSR count). The van der Waals surface area contributed by atoms with Crippen LogP contribution in [0.1, 0.15) is 28.2 Å². The van der Waals surface area contributed by atoms with Crippen LogP contribution < -0.4 is 0 Å². The summed E-state index contributed by atoms with van der Waals surface area (Å²) >= 11 is 0. The Kier molecular flexibility index (Phi) is 4.05. The molecule has 0 radical (unpaired) electrons. The van der Waals surface area contributed by atoms with Gasteiger partial charge in [0, 0.05) is 11.5 Å². The maximum atomic E-state index is 3.42. The van der Waals surface area contributed by atoms with Crippen LogP contribution in [-0.2, 0) is 6.42 Å². The van der Waals surface area contributed by atoms with E-state index in [9.17, 15) is 0 Å². The minimum Gasteiger partial charge on any atom is -0.127 e. The average Bonchev–Trinajstić information content (AvgIpc) is 2.89. The lowest BCUT2D eigenvalue weighted by Crippen LogP contribution is -2.16. The van der Waals surface area contributed by atoms with Crippen molar-refractivity contribution >= 4 is 14.1 Å². The second-order valence-corrected chi connectivity index (χ2v) is 11.7. The SMILES string of the molecule is C[Si](C)(C)C#Cc1ccc(CC2C=Cc3ccccc32)cc1. The molecule has 2 aromatic carbocycles. The van der Waals surface area contributed by atoms with Crippen LogP contribution in [0.5, 0.6) is 0 Å². The molecule has 0 saturated carbocycles. The highest BCUT2D eigenvalue weighted by Gasteiger charge is 2.16. The smallest absolute Gasteiger partial charge is 0.127 e. The quantitative estimate of drug-likeness (QED) is 0.524. The molecule has 0 spiro atoms. The van der Waals surface area contributed by atoms with Crippen LogP contribution >= 0.6 is 0 Å². The van der Waals surface area contributed by atoms with E-state index in [1.807, 2.05) is 0 Å². The number of hydrogen-bond acceptors (Lipinski definition) is 0. The van der Waals surface area contributed by atoms with Crippen LogP contribution in [0.25, 0.3) is 6.08 Å². The molecule has 1 unspecified atom stereocenters. The lowest BCUT2D eigenvalue weighted by Gasteiger charge is -2.11. The molecule has 1 atom stereocenters. The molecule has 0 bridgehead atoms. The number of rotatable bonds is 2. The van der Waals surface area contributed by atoms with Crippen LogP contribution in [0.4, 0.5) is 0 Å². The number of hydrogen-bond donors (Lipinski definition) is 0. The second kappa shape index (κ2) is 5.99. The maximum absolute atomic E-state index is 3.42. The minimum absolute atomic E-state index is 0.509. The highest BCUT2D eigenvalue weighted by molar-refractivity contribution is 6.83. The standard InChI is InChI=1S/C21H22Si/c1-22(2,3)15-14-17-8-10-18(11-9-17)16-20-13-12-19-6-4-5-7-21(19)20/h4-13,20H,16H2,1-3H3. The van der Waals surface area contributed by atoms with Gasteiger partial charge in [-0.25, -0.2) is 0 Å². The summed E-state index contributed by atoms with van der Waals surface area (Å²) in [6.07, 6.45) is 5.63. The van der Waals surface area contributed by atoms with E-state index in [1.54, 1.807) is 0 Å². The van der Waals surface area contributed by atoms with E-state index in [1.165, 1.54) is 16.7 Å². The van der Waals surface area contributed by atoms with Crippen molar-refractivity contribution in [2.24, 2.45) is 0 Å². The molecule has 0 amide bonds. The van der Waals surface area contributed by atoms with Crippen molar-refractivity contribution in [3.05, 3.63) is 76.9 Å². The Morgan fingerprint density at radius 3 is 2.41 bits per heavy atom. The largest absolute Gasteiger partial charge is 0.129 e. The molecule has 0 heterocycles. The third-order valence-corrected chi connectivity index (χ3v) is 4.77. The first kappa shape index (κ1) is 14.9. The fourth-order valence-electron chi connectivity index (χ4n) is 2.74. The number of allylic oxidation sites excluding steroid dienone is 1. The fraction of sp³-hybridized carbons (Fsp3) is 0.238. The van der Waals surface area contributed by atoms with Gasteiger partial charge in [0.15, 0.2) is 0 Å². The normalized spacial score (nSPS) is 16.0. The summed E-state index contributed by atoms with van der Waals surface area (Å²) < 4.78 is 0. The molecular weight excluding hydrogens is 280 g/mol. The van der Waals surface area contributed by atoms with Crippen LogP contribution in [0.15, 0.2) is 54.6 Å². The van der Waals surface area contributed by atoms with Gasteiger partial charge in [-0.1, -0.05) is 74.1 Å². The average molecular weight is 302 g/mol. The predicted molar refractivity (Wildman–Crippen MR) is 98.6 cm³/mol. The lowest BCUT2D eigenvalue weighted by atomic mass is 9.93. The lowest BCUT2D eigenvalue weighted by molar-refractivity contribution is 0.850. The van der Waals surface area contributed by atoms with Gasteiger partial charge in [-0.05, 0) is 35.2 Å². The van der Waals surface area contributed by atoms with Crippen molar-refractivity contribution in [3.8, 4) is 11.5 Å². The number of fused-ring (bicyclic) bond motifs is 1. The summed E-state index contributed by atoms with van der Waals surface area (Å²) in [6, 6.07) is 17.5. The Morgan fingerprint density at radius 2 is 1.68 bits per heavy atom. The van der Waals surface area contributed by atoms with Crippen molar-refractivity contribution in [2.75, 3.05) is 0 Å². The molecule has 0 aromatic heterocycles. The summed E-state index contributed by atoms with van der Waals surface area (Å²) in [5.74, 6) is 3.83. The second-order valence-electron chi connectivity index (χ2n) is 7.00. The van der Waals surface area contributed by atoms with Gasteiger partial charge in [0.1, 0.15) is 8.07 Å². The molecule has 0 fully saturated rings. The Hall–Kier alpha value is -2.04. The third kappa shape index (κ3) is 3.58. The molecule has 0 saturated heterocycles. The Bertz CT molecular complexity index is 749. The van der Waals surface area contributed by atoms with Crippen LogP contribution in [0.2, 0.25) is 19.6 Å². The first-order valence-corrected chi connectivity index (χ1v) is 11.4. The summed E-state index contributed by atoms with van der Waals surface area (Å²) in [6.45, 7) is 6.83. The Balaban J connectivity index is 1.72. The van der Waals surface area contributed by atoms with Crippen molar-refractivity contribution in [1.29, 1.82) is 0 Å². The summed E-state index contributed by atoms with van der Waals surface area (Å²) in [7, 11) is -1.29. The zero-order valence-corrected chi connectivity index (χ0v) is 14.6. The topological polar surface area (TPSA) is 0 Å². The van der Waals surface area contributed by atoms with Gasteiger partial charge in [-0.3, -0.25) is 0 Å². The zero-order chi connectivity index (χ0) is 15.6. The van der Waals surface area contributed by atoms with Crippen molar-refractivity contribution in [2.45, 2.75) is 32.0 Å². The van der Waals surface area contributed by atoms with Gasteiger partial charge in [-0.15, -0.1) is 5.54 Å². The maximum Gasteiger partial charge on any atom is 0.129 e. The van der Waals surface area contributed by atoms with E-state index in [-0.39, 0.29) is 0 Å². The first-order chi connectivity index (χ1) is 10.5. The minimum atomic E-state index is -1.29. The zero-order valence-electron chi connectivity index (χ0n) is 13.6. The van der Waals surface area contributed by atoms with Gasteiger partial charge in [0.25, 0.3) is 0 Å². The van der Waals surface area contributed by atoms with Gasteiger partial charge in [-0.2, -0.15) is 0 Å². The van der Waals surface area contributed by atoms with E-state index < -0.39 is 8.07 Å². The van der Waals surface area contributed by atoms with Crippen LogP contribution in [0, 0.1) is 11.5 Å². The molecule has 2 aromatic rings. The Morgan fingerprint density at radius 1 is 0.955 bits per heavy atom. The fourth-order valence-corrected chi connectivity index (χ4v) is 3.26. The highest BCUT2D eigenvalue weighted by atomic mass is 28.3. The molecule has 0 nitrogen and oxygen atoms in total. The summed E-state index contributed by atoms with van der Waals surface area (Å²) in [5, 5.41) is 0. The molecule has 0 aliphatic heterocycles. The summed E-state index contributed by atoms with van der Waals surface area (Å²) in [5.41, 5.74) is 8.75. The molecule has 110 valence electrons. The number of benzene rings is 2. The molecule has 22 heavy (non-hydrogen) atoms. The van der Waals surface area contributed by atoms with Gasteiger partial charge < -0.3 is 0 Å². The van der Waals surface area contributed by atoms with Gasteiger partial charge in [0.2, 0.25) is 0 Å². The Labute approximate surface area is 134 Å². The van der Waals surface area contributed by atoms with E-state index in [2.05, 4.69) is 91.8 Å². The van der Waals surface area contributed by atoms with Crippen molar-refractivity contribution in [1.82, 2.24) is 0 Å². The van der Waals surface area contributed by atoms with Crippen molar-refractivity contribution < 1.29 is 0 Å². The van der Waals surface area contributed by atoms with E-state index in [0.29, 0.717) is 5.92 Å². The van der Waals surface area contributed by atoms with Crippen LogP contribution in [-0.4, -0.2) is 8.07 Å². The molecule has 1 aliphatic rings. The van der Waals surface area contributed by atoms with E-state index in [0.717, 1.165) is 12.0 Å². The van der Waals surface area contributed by atoms with Crippen molar-refractivity contribution in [3.63, 3.8) is 0 Å². The van der Waals surface area contributed by atoms with Gasteiger partial charge in [0.05, 0.1) is 0 Å². The third-order valence-electron chi connectivity index (χ3n) is 3.89. The molecule has 1 aliphatic carbocycles. The first-order valence-electron chi connectivity index (χ1n) is 7.90.